The molecule has 1 atom stereocenters. The average molecular weight is 272 g/mol. The van der Waals surface area contributed by atoms with Crippen LogP contribution < -0.4 is 17.7 Å². The van der Waals surface area contributed by atoms with Gasteiger partial charge in [0.2, 0.25) is 0 Å². The van der Waals surface area contributed by atoms with E-state index in [-0.39, 0.29) is 12.4 Å². The second-order valence-corrected chi connectivity index (χ2v) is 4.35. The summed E-state index contributed by atoms with van der Waals surface area (Å²) in [6.45, 7) is 0.960. The topological polar surface area (TPSA) is 16.6 Å². The molecule has 1 unspecified atom stereocenters. The summed E-state index contributed by atoms with van der Waals surface area (Å²) in [5.74, 6) is 2.77. The molecule has 0 radical (unpaired) electrons. The standard InChI is InChI=1S/C17H17N.ClH/c1-2-9-17(16-12-7-4-8-13-16)18-14-15-10-5-3-6-11-15;/h1,3-8,10-13,17-18H,9,14H2;1H. The highest BCUT2D eigenvalue weighted by Crippen LogP contribution is 2.11. The van der Waals surface area contributed by atoms with Gasteiger partial charge in [-0.3, -0.25) is 0 Å². The van der Waals surface area contributed by atoms with Crippen LogP contribution in [0.15, 0.2) is 60.7 Å². The van der Waals surface area contributed by atoms with Crippen LogP contribution in [0.3, 0.4) is 0 Å². The van der Waals surface area contributed by atoms with Crippen LogP contribution in [0.25, 0.3) is 0 Å². The van der Waals surface area contributed by atoms with Crippen molar-refractivity contribution in [1.29, 1.82) is 0 Å². The average Bonchev–Trinajstić information content (AvgIpc) is 2.45. The fraction of sp³-hybridized carbons (Fsp3) is 0.176. The molecule has 2 N–H and O–H groups in total. The van der Waals surface area contributed by atoms with Gasteiger partial charge in [-0.2, -0.15) is 0 Å². The smallest absolute Gasteiger partial charge is 0.123 e. The van der Waals surface area contributed by atoms with Crippen molar-refractivity contribution in [2.75, 3.05) is 0 Å². The normalized spacial score (nSPS) is 11.1. The molecule has 0 saturated heterocycles. The van der Waals surface area contributed by atoms with Gasteiger partial charge in [-0.15, -0.1) is 12.3 Å². The van der Waals surface area contributed by atoms with Gasteiger partial charge in [0.25, 0.3) is 0 Å². The molecule has 0 fully saturated rings. The van der Waals surface area contributed by atoms with Gasteiger partial charge in [-0.05, 0) is 0 Å². The first kappa shape index (κ1) is 15.3. The third-order valence-corrected chi connectivity index (χ3v) is 3.05. The molecule has 0 amide bonds. The molecular formula is C17H18ClN. The number of hydrogen-bond donors (Lipinski definition) is 1. The number of benzene rings is 2. The fourth-order valence-corrected chi connectivity index (χ4v) is 2.06. The number of nitrogens with two attached hydrogens (primary N) is 1. The molecule has 0 saturated carbocycles. The Morgan fingerprint density at radius 1 is 0.947 bits per heavy atom. The number of rotatable bonds is 5. The lowest BCUT2D eigenvalue weighted by Gasteiger charge is -2.13. The van der Waals surface area contributed by atoms with Gasteiger partial charge in [-0.1, -0.05) is 60.7 Å². The van der Waals surface area contributed by atoms with E-state index in [0.717, 1.165) is 13.0 Å². The molecule has 0 aromatic heterocycles. The molecule has 0 heterocycles. The van der Waals surface area contributed by atoms with Gasteiger partial charge in [-0.25, -0.2) is 0 Å². The van der Waals surface area contributed by atoms with Gasteiger partial charge >= 0.3 is 0 Å². The highest BCUT2D eigenvalue weighted by Gasteiger charge is 2.12. The molecule has 0 aliphatic heterocycles. The zero-order chi connectivity index (χ0) is 12.6. The maximum Gasteiger partial charge on any atom is 0.123 e. The molecule has 0 spiro atoms. The number of terminal acetylenes is 1. The Bertz CT molecular complexity index is 502. The zero-order valence-corrected chi connectivity index (χ0v) is 11.6. The van der Waals surface area contributed by atoms with Crippen LogP contribution in [-0.2, 0) is 6.54 Å². The maximum atomic E-state index is 5.47. The Kier molecular flexibility index (Phi) is 6.74. The fourth-order valence-electron chi connectivity index (χ4n) is 2.06. The third kappa shape index (κ3) is 4.79. The first-order valence-corrected chi connectivity index (χ1v) is 6.26. The quantitative estimate of drug-likeness (QED) is 0.708. The maximum absolute atomic E-state index is 5.47. The van der Waals surface area contributed by atoms with Crippen molar-refractivity contribution in [3.05, 3.63) is 71.8 Å². The summed E-state index contributed by atoms with van der Waals surface area (Å²) in [6, 6.07) is 21.3. The van der Waals surface area contributed by atoms with Crippen LogP contribution in [0.4, 0.5) is 0 Å². The van der Waals surface area contributed by atoms with Gasteiger partial charge in [0.05, 0.1) is 6.42 Å². The lowest BCUT2D eigenvalue weighted by atomic mass is 10.0. The van der Waals surface area contributed by atoms with Crippen LogP contribution in [0.5, 0.6) is 0 Å². The number of halogens is 1. The van der Waals surface area contributed by atoms with Crippen LogP contribution in [0.2, 0.25) is 0 Å². The minimum Gasteiger partial charge on any atom is -1.00 e. The Labute approximate surface area is 121 Å². The molecule has 1 nitrogen and oxygen atoms in total. The highest BCUT2D eigenvalue weighted by molar-refractivity contribution is 5.18. The Hall–Kier alpha value is -1.75. The molecule has 0 aliphatic rings. The van der Waals surface area contributed by atoms with Crippen LogP contribution >= 0.6 is 0 Å². The van der Waals surface area contributed by atoms with E-state index in [9.17, 15) is 0 Å². The third-order valence-electron chi connectivity index (χ3n) is 3.05. The van der Waals surface area contributed by atoms with Crippen LogP contribution in [0, 0.1) is 12.3 Å². The Morgan fingerprint density at radius 2 is 1.53 bits per heavy atom. The number of hydrogen-bond acceptors (Lipinski definition) is 0. The zero-order valence-electron chi connectivity index (χ0n) is 10.8. The summed E-state index contributed by atoms with van der Waals surface area (Å²) >= 11 is 0. The lowest BCUT2D eigenvalue weighted by molar-refractivity contribution is -0.710. The summed E-state index contributed by atoms with van der Waals surface area (Å²) in [4.78, 5) is 0. The minimum absolute atomic E-state index is 0. The lowest BCUT2D eigenvalue weighted by Crippen LogP contribution is -3.00. The molecule has 2 rings (SSSR count). The monoisotopic (exact) mass is 271 g/mol. The Morgan fingerprint density at radius 3 is 2.11 bits per heavy atom. The van der Waals surface area contributed by atoms with E-state index in [1.54, 1.807) is 0 Å². The highest BCUT2D eigenvalue weighted by atomic mass is 35.5. The first-order chi connectivity index (χ1) is 8.90. The number of quaternary nitrogens is 1. The molecule has 0 aliphatic carbocycles. The summed E-state index contributed by atoms with van der Waals surface area (Å²) in [5.41, 5.74) is 2.63. The summed E-state index contributed by atoms with van der Waals surface area (Å²) in [7, 11) is 0. The molecule has 98 valence electrons. The van der Waals surface area contributed by atoms with Gasteiger partial charge < -0.3 is 17.7 Å². The van der Waals surface area contributed by atoms with Gasteiger partial charge in [0, 0.05) is 11.1 Å². The molecule has 0 bridgehead atoms. The van der Waals surface area contributed by atoms with Crippen LogP contribution in [0.1, 0.15) is 23.6 Å². The predicted molar refractivity (Wildman–Crippen MR) is 74.7 cm³/mol. The van der Waals surface area contributed by atoms with E-state index < -0.39 is 0 Å². The van der Waals surface area contributed by atoms with Crippen molar-refractivity contribution >= 4 is 0 Å². The van der Waals surface area contributed by atoms with Crippen molar-refractivity contribution < 1.29 is 17.7 Å². The van der Waals surface area contributed by atoms with Crippen molar-refractivity contribution in [1.82, 2.24) is 0 Å². The van der Waals surface area contributed by atoms with Crippen molar-refractivity contribution in [2.24, 2.45) is 0 Å². The largest absolute Gasteiger partial charge is 1.00 e. The molecule has 19 heavy (non-hydrogen) atoms. The summed E-state index contributed by atoms with van der Waals surface area (Å²) < 4.78 is 0. The van der Waals surface area contributed by atoms with Crippen LogP contribution in [-0.4, -0.2) is 0 Å². The molecule has 2 heteroatoms. The van der Waals surface area contributed by atoms with Gasteiger partial charge in [0.1, 0.15) is 12.6 Å². The second kappa shape index (κ2) is 8.37. The van der Waals surface area contributed by atoms with E-state index in [4.69, 9.17) is 6.42 Å². The van der Waals surface area contributed by atoms with Crippen molar-refractivity contribution in [3.63, 3.8) is 0 Å². The second-order valence-electron chi connectivity index (χ2n) is 4.35. The SMILES string of the molecule is C#CCC([NH2+]Cc1ccccc1)c1ccccc1.[Cl-]. The van der Waals surface area contributed by atoms with E-state index in [1.165, 1.54) is 11.1 Å². The van der Waals surface area contributed by atoms with Gasteiger partial charge in [0.15, 0.2) is 0 Å². The molecule has 2 aromatic rings. The summed E-state index contributed by atoms with van der Waals surface area (Å²) in [6.07, 6.45) is 6.23. The van der Waals surface area contributed by atoms with Crippen molar-refractivity contribution in [3.8, 4) is 12.3 Å². The summed E-state index contributed by atoms with van der Waals surface area (Å²) in [5, 5.41) is 2.31. The van der Waals surface area contributed by atoms with Crippen molar-refractivity contribution in [2.45, 2.75) is 19.0 Å². The van der Waals surface area contributed by atoms with E-state index in [2.05, 4.69) is 59.8 Å². The Balaban J connectivity index is 0.00000180. The van der Waals surface area contributed by atoms with E-state index in [0.29, 0.717) is 6.04 Å². The molecule has 2 aromatic carbocycles. The van der Waals surface area contributed by atoms with E-state index in [1.807, 2.05) is 12.1 Å². The van der Waals surface area contributed by atoms with E-state index >= 15 is 0 Å². The first-order valence-electron chi connectivity index (χ1n) is 6.26. The molecular weight excluding hydrogens is 254 g/mol. The predicted octanol–water partition coefficient (Wildman–Crippen LogP) is -0.481. The minimum atomic E-state index is 0.